The van der Waals surface area contributed by atoms with E-state index in [4.69, 9.17) is 73.8 Å². The Bertz CT molecular complexity index is 4720. The zero-order valence-electron chi connectivity index (χ0n) is 66.6. The number of anilines is 1. The van der Waals surface area contributed by atoms with Crippen LogP contribution < -0.4 is 79.8 Å². The Hall–Kier alpha value is -11.0. The number of H-pyrrole nitrogens is 1. The average molecular weight is 1600 g/mol. The molecule has 0 bridgehead atoms. The standard InChI is InChI=1S/C83H102N10O21S/c1-12-66-67(40-74(114-66)93-42-50(2)78(94)89-83(93)101)113-49-112-27-16-14-13-15-22-84-82(115)88-56-19-17-51(18-20-56)21-28-111-48-52-43-91(45-55-41-85-63(79(95)96)39-62(55)77-72(109-10)37-61(104-5)38-73(77)110-11)25-23-90(46-57-29-53(31-64(86-57)80(97)98)75-68(105-6)33-59(102-3)34-69(75)106-7)24-26-92(44-52)47-58-30-54(32-65(87-58)81(99)100)76-70(107-8)35-60(103-4)36-71(76)108-9/h17-20,29-39,41-42,52,66-67,74H,12-16,21-28,40,43-49H2,1-11H3,(H,95,96)(H,97,98)(H,99,100)(H2,84,88,115)(H,89,94,101)/p-3/t52?,66-,67?,74-/m1/s1. The molecule has 616 valence electrons. The van der Waals surface area contributed by atoms with Gasteiger partial charge in [-0.15, -0.1) is 0 Å². The van der Waals surface area contributed by atoms with Gasteiger partial charge in [-0.05, 0) is 115 Å². The number of nitrogens with one attached hydrogen (secondary N) is 3. The third-order valence-electron chi connectivity index (χ3n) is 20.0. The number of carbonyl (C=O) groups excluding carboxylic acids is 3. The van der Waals surface area contributed by atoms with E-state index in [9.17, 15) is 39.3 Å². The van der Waals surface area contributed by atoms with E-state index in [2.05, 4.69) is 45.3 Å². The van der Waals surface area contributed by atoms with Gasteiger partial charge in [0.1, 0.15) is 64.8 Å². The number of benzene rings is 4. The molecule has 0 saturated carbocycles. The third kappa shape index (κ3) is 23.0. The van der Waals surface area contributed by atoms with Crippen molar-refractivity contribution in [3.63, 3.8) is 0 Å². The van der Waals surface area contributed by atoms with Crippen LogP contribution in [-0.2, 0) is 45.0 Å². The minimum atomic E-state index is -1.52. The average Bonchev–Trinajstić information content (AvgIpc) is 1.55. The smallest absolute Gasteiger partial charge is 0.330 e. The Morgan fingerprint density at radius 3 is 1.61 bits per heavy atom. The lowest BCUT2D eigenvalue weighted by Crippen LogP contribution is -2.46. The number of aromatic carboxylic acids is 3. The van der Waals surface area contributed by atoms with Gasteiger partial charge in [-0.25, -0.2) is 4.79 Å². The number of thiocarbonyl (C=S) groups is 1. The van der Waals surface area contributed by atoms with Gasteiger partial charge in [0, 0.05) is 144 Å². The Morgan fingerprint density at radius 2 is 1.10 bits per heavy atom. The zero-order chi connectivity index (χ0) is 82.2. The topological polar surface area (TPSA) is 368 Å². The van der Waals surface area contributed by atoms with Crippen LogP contribution in [0.2, 0.25) is 0 Å². The van der Waals surface area contributed by atoms with Crippen LogP contribution in [0.4, 0.5) is 5.69 Å². The summed E-state index contributed by atoms with van der Waals surface area (Å²) in [4.78, 5) is 85.7. The fourth-order valence-electron chi connectivity index (χ4n) is 14.2. The van der Waals surface area contributed by atoms with E-state index in [1.165, 1.54) is 99.1 Å². The molecule has 4 aromatic carbocycles. The number of hydrogen-bond acceptors (Lipinski definition) is 28. The van der Waals surface area contributed by atoms with Crippen molar-refractivity contribution < 1.29 is 91.3 Å². The number of pyridine rings is 3. The van der Waals surface area contributed by atoms with E-state index in [1.54, 1.807) is 55.5 Å². The molecule has 2 unspecified atom stereocenters. The van der Waals surface area contributed by atoms with Crippen LogP contribution in [0.5, 0.6) is 51.7 Å². The molecule has 31 nitrogen and oxygen atoms in total. The molecular formula is C83H99N10O21S-3. The number of rotatable bonds is 39. The van der Waals surface area contributed by atoms with Gasteiger partial charge in [0.25, 0.3) is 5.56 Å². The summed E-state index contributed by atoms with van der Waals surface area (Å²) in [6, 6.07) is 25.7. The lowest BCUT2D eigenvalue weighted by molar-refractivity contribution is -0.256. The van der Waals surface area contributed by atoms with Gasteiger partial charge in [0.2, 0.25) is 0 Å². The highest BCUT2D eigenvalue weighted by molar-refractivity contribution is 7.80. The van der Waals surface area contributed by atoms with Crippen molar-refractivity contribution in [2.75, 3.05) is 142 Å². The Kier molecular flexibility index (Phi) is 31.5. The van der Waals surface area contributed by atoms with Crippen molar-refractivity contribution in [1.82, 2.24) is 44.5 Å². The van der Waals surface area contributed by atoms with Gasteiger partial charge < -0.3 is 102 Å². The minimum absolute atomic E-state index is 0.0939. The highest BCUT2D eigenvalue weighted by atomic mass is 32.1. The first-order valence-electron chi connectivity index (χ1n) is 37.7. The van der Waals surface area contributed by atoms with Gasteiger partial charge in [-0.1, -0.05) is 31.9 Å². The quantitative estimate of drug-likeness (QED) is 0.0210. The van der Waals surface area contributed by atoms with Crippen molar-refractivity contribution in [3.05, 3.63) is 169 Å². The van der Waals surface area contributed by atoms with Crippen LogP contribution in [0.1, 0.15) is 111 Å². The molecule has 8 aromatic rings. The summed E-state index contributed by atoms with van der Waals surface area (Å²) in [5.74, 6) is -1.49. The molecule has 4 atom stereocenters. The monoisotopic (exact) mass is 1600 g/mol. The van der Waals surface area contributed by atoms with Crippen molar-refractivity contribution in [2.24, 2.45) is 5.92 Å². The van der Waals surface area contributed by atoms with Crippen molar-refractivity contribution in [1.29, 1.82) is 0 Å². The molecule has 0 amide bonds. The summed E-state index contributed by atoms with van der Waals surface area (Å²) < 4.78 is 78.1. The molecule has 2 aliphatic rings. The number of unbranched alkanes of at least 4 members (excludes halogenated alkanes) is 3. The number of carbonyl (C=O) groups is 3. The lowest BCUT2D eigenvalue weighted by atomic mass is 9.97. The molecular weight excluding hydrogens is 1510 g/mol. The highest BCUT2D eigenvalue weighted by Crippen LogP contribution is 2.46. The van der Waals surface area contributed by atoms with Gasteiger partial charge in [0.05, 0.1) is 152 Å². The molecule has 4 aromatic heterocycles. The van der Waals surface area contributed by atoms with Gasteiger partial charge in [-0.2, -0.15) is 0 Å². The maximum atomic E-state index is 13.0. The summed E-state index contributed by atoms with van der Waals surface area (Å²) in [5, 5.41) is 45.8. The van der Waals surface area contributed by atoms with E-state index >= 15 is 0 Å². The molecule has 32 heteroatoms. The third-order valence-corrected chi connectivity index (χ3v) is 20.3. The maximum Gasteiger partial charge on any atom is 0.330 e. The Morgan fingerprint density at radius 1 is 0.591 bits per heavy atom. The Balaban J connectivity index is 0.876. The number of carboxylic acids is 3. The van der Waals surface area contributed by atoms with Crippen LogP contribution >= 0.6 is 12.2 Å². The molecule has 2 saturated heterocycles. The van der Waals surface area contributed by atoms with E-state index in [0.717, 1.165) is 36.9 Å². The fraction of sp³-hybridized carbons (Fsp3) is 0.434. The second-order valence-electron chi connectivity index (χ2n) is 27.7. The van der Waals surface area contributed by atoms with Crippen molar-refractivity contribution in [2.45, 2.75) is 96.9 Å². The number of aromatic nitrogens is 5. The zero-order valence-corrected chi connectivity index (χ0v) is 67.4. The predicted molar refractivity (Wildman–Crippen MR) is 425 cm³/mol. The van der Waals surface area contributed by atoms with Crippen LogP contribution in [0.25, 0.3) is 33.4 Å². The number of nitrogens with zero attached hydrogens (tertiary/aromatic N) is 7. The molecule has 115 heavy (non-hydrogen) atoms. The normalized spacial score (nSPS) is 16.1. The molecule has 0 radical (unpaired) electrons. The number of carboxylic acid groups (broad SMARTS) is 3. The molecule has 10 rings (SSSR count). The first-order valence-corrected chi connectivity index (χ1v) is 38.1. The predicted octanol–water partition coefficient (Wildman–Crippen LogP) is 6.50. The summed E-state index contributed by atoms with van der Waals surface area (Å²) in [6.45, 7) is 7.96. The number of aryl methyl sites for hydroxylation is 1. The Labute approximate surface area is 672 Å². The molecule has 0 spiro atoms. The minimum Gasteiger partial charge on any atom is -0.543 e. The van der Waals surface area contributed by atoms with E-state index in [0.29, 0.717) is 191 Å². The summed E-state index contributed by atoms with van der Waals surface area (Å²) >= 11 is 5.69. The maximum absolute atomic E-state index is 13.0. The first kappa shape index (κ1) is 86.4. The van der Waals surface area contributed by atoms with Gasteiger partial charge >= 0.3 is 5.69 Å². The highest BCUT2D eigenvalue weighted by Gasteiger charge is 2.37. The summed E-state index contributed by atoms with van der Waals surface area (Å²) in [7, 11) is 13.4. The van der Waals surface area contributed by atoms with Gasteiger partial charge in [-0.3, -0.25) is 44.0 Å². The molecule has 3 N–H and O–H groups in total. The van der Waals surface area contributed by atoms with E-state index in [-0.39, 0.29) is 68.2 Å². The first-order chi connectivity index (χ1) is 55.6. The van der Waals surface area contributed by atoms with Crippen LogP contribution in [0.3, 0.4) is 0 Å². The number of ether oxygens (including phenoxy) is 13. The summed E-state index contributed by atoms with van der Waals surface area (Å²) in [6.07, 6.45) is 7.35. The fourth-order valence-corrected chi connectivity index (χ4v) is 14.4. The molecule has 2 fully saturated rings. The molecule has 6 heterocycles. The van der Waals surface area contributed by atoms with Crippen LogP contribution in [-0.4, -0.2) is 211 Å². The van der Waals surface area contributed by atoms with Gasteiger partial charge in [0.15, 0.2) is 5.11 Å². The SMILES string of the molecule is CC[C@H]1O[C@@H](n2cc(C)c(=O)[nH]c2=O)CC1OCOCCCCCCNC(=S)Nc1ccc(CCOCC2CN(Cc3cc(-c4c(OC)cc(OC)cc4OC)cc(C(=O)[O-])n3)CCN(Cc3cc(-c4c(OC)cc(OC)cc4OC)cc(C(=O)[O-])n3)CCN(Cc3cnc(C(=O)[O-])cc3-c3c(OC)cc(OC)cc3OC)C2)cc1. The number of aromatic amines is 1. The number of methoxy groups -OCH3 is 9. The molecule has 2 aliphatic heterocycles. The van der Waals surface area contributed by atoms with E-state index in [1.807, 2.05) is 31.2 Å². The van der Waals surface area contributed by atoms with Crippen molar-refractivity contribution >= 4 is 40.9 Å². The second-order valence-corrected chi connectivity index (χ2v) is 28.1. The number of hydrogen-bond donors (Lipinski definition) is 3. The lowest BCUT2D eigenvalue weighted by Gasteiger charge is -2.36. The van der Waals surface area contributed by atoms with Crippen LogP contribution in [0, 0.1) is 12.8 Å². The van der Waals surface area contributed by atoms with Crippen LogP contribution in [0.15, 0.2) is 113 Å². The molecule has 0 aliphatic carbocycles. The second kappa shape index (κ2) is 41.9. The van der Waals surface area contributed by atoms with E-state index < -0.39 is 35.4 Å². The largest absolute Gasteiger partial charge is 0.543 e. The summed E-state index contributed by atoms with van der Waals surface area (Å²) in [5.41, 5.74) is 4.20. The van der Waals surface area contributed by atoms with Crippen molar-refractivity contribution in [3.8, 4) is 85.1 Å².